The summed E-state index contributed by atoms with van der Waals surface area (Å²) in [5.74, 6) is 0.397. The Balaban J connectivity index is 1.24. The molecule has 1 aliphatic carbocycles. The molecule has 1 saturated carbocycles. The Morgan fingerprint density at radius 1 is 1.07 bits per heavy atom. The zero-order valence-corrected chi connectivity index (χ0v) is 16.7. The van der Waals surface area contributed by atoms with Crippen molar-refractivity contribution in [2.75, 3.05) is 13.1 Å². The van der Waals surface area contributed by atoms with Crippen LogP contribution in [0.1, 0.15) is 41.9 Å². The van der Waals surface area contributed by atoms with Gasteiger partial charge in [0.1, 0.15) is 0 Å². The maximum Gasteiger partial charge on any atom is 0.224 e. The van der Waals surface area contributed by atoms with E-state index in [1.807, 2.05) is 24.3 Å². The van der Waals surface area contributed by atoms with Gasteiger partial charge in [-0.15, -0.1) is 0 Å². The van der Waals surface area contributed by atoms with Gasteiger partial charge in [-0.1, -0.05) is 54.1 Å². The number of nitrogens with zero attached hydrogens (tertiary/aromatic N) is 1. The number of piperidine rings is 1. The van der Waals surface area contributed by atoms with Gasteiger partial charge >= 0.3 is 0 Å². The summed E-state index contributed by atoms with van der Waals surface area (Å²) in [5, 5.41) is 13.4. The molecule has 1 amide bonds. The van der Waals surface area contributed by atoms with E-state index >= 15 is 0 Å². The first-order chi connectivity index (χ1) is 13.6. The van der Waals surface area contributed by atoms with E-state index < -0.39 is 0 Å². The highest BCUT2D eigenvalue weighted by Crippen LogP contribution is 2.49. The highest BCUT2D eigenvalue weighted by atomic mass is 35.5. The van der Waals surface area contributed by atoms with Gasteiger partial charge in [-0.25, -0.2) is 0 Å². The first-order valence-electron chi connectivity index (χ1n) is 10.1. The molecule has 0 spiro atoms. The molecule has 2 N–H and O–H groups in total. The van der Waals surface area contributed by atoms with E-state index in [0.717, 1.165) is 55.0 Å². The lowest BCUT2D eigenvalue weighted by Gasteiger charge is -2.29. The molecule has 2 atom stereocenters. The van der Waals surface area contributed by atoms with E-state index in [9.17, 15) is 9.90 Å². The second kappa shape index (κ2) is 8.64. The van der Waals surface area contributed by atoms with Crippen LogP contribution in [-0.4, -0.2) is 35.1 Å². The third kappa shape index (κ3) is 4.75. The highest BCUT2D eigenvalue weighted by molar-refractivity contribution is 6.31. The Morgan fingerprint density at radius 3 is 2.46 bits per heavy atom. The lowest BCUT2D eigenvalue weighted by Crippen LogP contribution is -2.35. The molecule has 2 aliphatic rings. The number of aliphatic hydroxyl groups excluding tert-OH is 1. The summed E-state index contributed by atoms with van der Waals surface area (Å²) in [6.07, 6.45) is 2.46. The normalized spacial score (nSPS) is 22.8. The Bertz CT molecular complexity index is 816. The van der Waals surface area contributed by atoms with Crippen molar-refractivity contribution in [3.63, 3.8) is 0 Å². The molecule has 0 aromatic heterocycles. The van der Waals surface area contributed by atoms with Crippen molar-refractivity contribution in [3.05, 3.63) is 70.2 Å². The minimum atomic E-state index is -0.133. The van der Waals surface area contributed by atoms with Gasteiger partial charge in [0.05, 0.1) is 6.10 Å². The molecule has 1 saturated heterocycles. The second-order valence-electron chi connectivity index (χ2n) is 8.01. The fraction of sp³-hybridized carbons (Fsp3) is 0.435. The molecule has 4 rings (SSSR count). The highest BCUT2D eigenvalue weighted by Gasteiger charge is 2.44. The third-order valence-corrected chi connectivity index (χ3v) is 6.23. The van der Waals surface area contributed by atoms with Gasteiger partial charge in [0.15, 0.2) is 0 Å². The largest absolute Gasteiger partial charge is 0.393 e. The van der Waals surface area contributed by atoms with Crippen LogP contribution in [0.2, 0.25) is 5.02 Å². The van der Waals surface area contributed by atoms with Crippen molar-refractivity contribution in [2.24, 2.45) is 5.92 Å². The van der Waals surface area contributed by atoms with E-state index in [1.54, 1.807) is 0 Å². The van der Waals surface area contributed by atoms with E-state index in [-0.39, 0.29) is 23.8 Å². The summed E-state index contributed by atoms with van der Waals surface area (Å²) >= 11 is 6.25. The van der Waals surface area contributed by atoms with Gasteiger partial charge in [-0.05, 0) is 47.9 Å². The predicted octanol–water partition coefficient (Wildman–Crippen LogP) is 3.72. The SMILES string of the molecule is O=C(NCc1ccc(CN2CCC(O)CC2)cc1)C1CC1c1ccccc1Cl. The molecule has 2 aromatic carbocycles. The molecule has 2 unspecified atom stereocenters. The van der Waals surface area contributed by atoms with Crippen molar-refractivity contribution in [1.82, 2.24) is 10.2 Å². The first-order valence-corrected chi connectivity index (χ1v) is 10.5. The Hall–Kier alpha value is -1.88. The lowest BCUT2D eigenvalue weighted by atomic mass is 10.1. The summed E-state index contributed by atoms with van der Waals surface area (Å²) in [6.45, 7) is 3.38. The maximum atomic E-state index is 12.4. The average molecular weight is 399 g/mol. The van der Waals surface area contributed by atoms with E-state index in [4.69, 9.17) is 11.6 Å². The Labute approximate surface area is 171 Å². The number of aliphatic hydroxyl groups is 1. The first kappa shape index (κ1) is 19.4. The smallest absolute Gasteiger partial charge is 0.224 e. The van der Waals surface area contributed by atoms with E-state index in [2.05, 4.69) is 34.5 Å². The van der Waals surface area contributed by atoms with Gasteiger partial charge in [-0.2, -0.15) is 0 Å². The number of halogens is 1. The van der Waals surface area contributed by atoms with Crippen LogP contribution in [-0.2, 0) is 17.9 Å². The summed E-state index contributed by atoms with van der Waals surface area (Å²) in [5.41, 5.74) is 3.47. The minimum Gasteiger partial charge on any atom is -0.393 e. The third-order valence-electron chi connectivity index (χ3n) is 5.88. The van der Waals surface area contributed by atoms with Gasteiger partial charge < -0.3 is 10.4 Å². The topological polar surface area (TPSA) is 52.6 Å². The molecule has 0 bridgehead atoms. The zero-order chi connectivity index (χ0) is 19.5. The van der Waals surface area contributed by atoms with Gasteiger partial charge in [0.25, 0.3) is 0 Å². The monoisotopic (exact) mass is 398 g/mol. The Morgan fingerprint density at radius 2 is 1.75 bits per heavy atom. The van der Waals surface area contributed by atoms with Gasteiger partial charge in [0.2, 0.25) is 5.91 Å². The van der Waals surface area contributed by atoms with Crippen molar-refractivity contribution in [1.29, 1.82) is 0 Å². The van der Waals surface area contributed by atoms with Crippen LogP contribution in [0, 0.1) is 5.92 Å². The van der Waals surface area contributed by atoms with E-state index in [1.165, 1.54) is 5.56 Å². The number of benzene rings is 2. The summed E-state index contributed by atoms with van der Waals surface area (Å²) in [7, 11) is 0. The molecule has 5 heteroatoms. The molecule has 28 heavy (non-hydrogen) atoms. The predicted molar refractivity (Wildman–Crippen MR) is 111 cm³/mol. The van der Waals surface area contributed by atoms with Crippen LogP contribution in [0.15, 0.2) is 48.5 Å². The number of hydrogen-bond donors (Lipinski definition) is 2. The van der Waals surface area contributed by atoms with Crippen molar-refractivity contribution in [2.45, 2.75) is 44.4 Å². The van der Waals surface area contributed by atoms with Crippen LogP contribution in [0.4, 0.5) is 0 Å². The van der Waals surface area contributed by atoms with Crippen LogP contribution in [0.3, 0.4) is 0 Å². The number of amides is 1. The standard InChI is InChI=1S/C23H27ClN2O2/c24-22-4-2-1-3-19(22)20-13-21(20)23(28)25-14-16-5-7-17(8-6-16)15-26-11-9-18(27)10-12-26/h1-8,18,20-21,27H,9-15H2,(H,25,28). The van der Waals surface area contributed by atoms with E-state index in [0.29, 0.717) is 6.54 Å². The maximum absolute atomic E-state index is 12.4. The Kier molecular flexibility index (Phi) is 6.00. The molecular weight excluding hydrogens is 372 g/mol. The molecular formula is C23H27ClN2O2. The summed E-state index contributed by atoms with van der Waals surface area (Å²) < 4.78 is 0. The van der Waals surface area contributed by atoms with Gasteiger partial charge in [0, 0.05) is 37.1 Å². The van der Waals surface area contributed by atoms with Crippen molar-refractivity contribution >= 4 is 17.5 Å². The van der Waals surface area contributed by atoms with Crippen molar-refractivity contribution in [3.8, 4) is 0 Å². The summed E-state index contributed by atoms with van der Waals surface area (Å²) in [6, 6.07) is 16.2. The fourth-order valence-electron chi connectivity index (χ4n) is 4.02. The minimum absolute atomic E-state index is 0.0358. The lowest BCUT2D eigenvalue weighted by molar-refractivity contribution is -0.122. The molecule has 4 nitrogen and oxygen atoms in total. The number of likely N-dealkylation sites (tertiary alicyclic amines) is 1. The number of carbonyl (C=O) groups excluding carboxylic acids is 1. The molecule has 0 radical (unpaired) electrons. The quantitative estimate of drug-likeness (QED) is 0.779. The number of rotatable bonds is 6. The molecule has 148 valence electrons. The molecule has 2 fully saturated rings. The fourth-order valence-corrected chi connectivity index (χ4v) is 4.30. The molecule has 1 heterocycles. The molecule has 2 aromatic rings. The summed E-state index contributed by atoms with van der Waals surface area (Å²) in [4.78, 5) is 14.8. The average Bonchev–Trinajstić information content (AvgIpc) is 3.50. The number of carbonyl (C=O) groups is 1. The number of nitrogens with one attached hydrogen (secondary N) is 1. The second-order valence-corrected chi connectivity index (χ2v) is 8.42. The van der Waals surface area contributed by atoms with Gasteiger partial charge in [-0.3, -0.25) is 9.69 Å². The van der Waals surface area contributed by atoms with Crippen LogP contribution < -0.4 is 5.32 Å². The van der Waals surface area contributed by atoms with Crippen LogP contribution in [0.25, 0.3) is 0 Å². The van der Waals surface area contributed by atoms with Crippen LogP contribution in [0.5, 0.6) is 0 Å². The number of hydrogen-bond acceptors (Lipinski definition) is 3. The molecule has 1 aliphatic heterocycles. The van der Waals surface area contributed by atoms with Crippen molar-refractivity contribution < 1.29 is 9.90 Å². The zero-order valence-electron chi connectivity index (χ0n) is 16.0. The van der Waals surface area contributed by atoms with Crippen LogP contribution >= 0.6 is 11.6 Å².